The van der Waals surface area contributed by atoms with Gasteiger partial charge in [-0.25, -0.2) is 0 Å². The van der Waals surface area contributed by atoms with Crippen molar-refractivity contribution in [1.82, 2.24) is 4.90 Å². The average molecular weight is 542 g/mol. The maximum absolute atomic E-state index is 11.4. The van der Waals surface area contributed by atoms with E-state index in [1.165, 1.54) is 0 Å². The fourth-order valence-corrected chi connectivity index (χ4v) is 5.24. The fourth-order valence-electron chi connectivity index (χ4n) is 4.77. The minimum absolute atomic E-state index is 0.00842. The monoisotopic (exact) mass is 541 g/mol. The number of benzene rings is 3. The molecular weight excluding hydrogens is 509 g/mol. The Morgan fingerprint density at radius 1 is 1.14 bits per heavy atom. The lowest BCUT2D eigenvalue weighted by Gasteiger charge is -2.45. The number of aliphatic hydroxyl groups excluding tert-OH is 1. The Morgan fingerprint density at radius 3 is 2.46 bits per heavy atom. The van der Waals surface area contributed by atoms with E-state index in [0.717, 1.165) is 28.7 Å². The molecule has 1 unspecified atom stereocenters. The summed E-state index contributed by atoms with van der Waals surface area (Å²) < 4.78 is 5.52. The summed E-state index contributed by atoms with van der Waals surface area (Å²) in [5, 5.41) is 22.1. The molecule has 1 heterocycles. The Hall–Kier alpha value is -2.67. The third-order valence-electron chi connectivity index (χ3n) is 6.70. The van der Waals surface area contributed by atoms with Crippen molar-refractivity contribution in [1.29, 1.82) is 0 Å². The first-order valence-electron chi connectivity index (χ1n) is 12.2. The summed E-state index contributed by atoms with van der Waals surface area (Å²) in [6.07, 6.45) is 0. The molecule has 9 heteroatoms. The van der Waals surface area contributed by atoms with Gasteiger partial charge in [-0.15, -0.1) is 9.24 Å². The van der Waals surface area contributed by atoms with Crippen molar-refractivity contribution < 1.29 is 19.7 Å². The number of hydrogen-bond acceptors (Lipinski definition) is 6. The molecule has 3 aromatic rings. The van der Waals surface area contributed by atoms with E-state index in [-0.39, 0.29) is 19.3 Å². The maximum Gasteiger partial charge on any atom is 0.248 e. The van der Waals surface area contributed by atoms with Gasteiger partial charge in [0.25, 0.3) is 0 Å². The summed E-state index contributed by atoms with van der Waals surface area (Å²) in [7, 11) is 2.71. The SMILES string of the molecule is C[C@](O)(CN1CCN(c2ccc(OCCO)cc2Cl)[C@H](c2ccc(P)cc2)C1)c1ccc(C(N)=O)cc1. The quantitative estimate of drug-likeness (QED) is 0.360. The summed E-state index contributed by atoms with van der Waals surface area (Å²) in [6.45, 7) is 4.49. The van der Waals surface area contributed by atoms with Crippen LogP contribution in [0.4, 0.5) is 5.69 Å². The molecule has 1 amide bonds. The number of rotatable bonds is 9. The molecule has 3 aromatic carbocycles. The number of hydrogen-bond donors (Lipinski definition) is 3. The standard InChI is InChI=1S/C28H33ClN3O4P/c1-28(35,21-6-2-20(3-7-21)27(30)34)18-31-12-13-32(26(17-31)19-4-9-23(37)10-5-19)25-11-8-22(16-24(25)29)36-15-14-33/h2-11,16,26,33,35H,12-15,17-18,37H2,1H3,(H2,30,34)/t26-,28-/m0/s1. The molecule has 37 heavy (non-hydrogen) atoms. The van der Waals surface area contributed by atoms with Gasteiger partial charge in [0, 0.05) is 37.8 Å². The molecule has 0 aliphatic carbocycles. The van der Waals surface area contributed by atoms with Crippen molar-refractivity contribution in [3.63, 3.8) is 0 Å². The molecule has 1 aliphatic rings. The number of piperazine rings is 1. The summed E-state index contributed by atoms with van der Waals surface area (Å²) in [5.41, 5.74) is 7.45. The van der Waals surface area contributed by atoms with Crippen LogP contribution in [-0.2, 0) is 5.60 Å². The van der Waals surface area contributed by atoms with Gasteiger partial charge in [0.1, 0.15) is 12.4 Å². The number of carbonyl (C=O) groups is 1. The first-order valence-corrected chi connectivity index (χ1v) is 13.1. The number of aliphatic hydroxyl groups is 2. The van der Waals surface area contributed by atoms with E-state index in [9.17, 15) is 9.90 Å². The van der Waals surface area contributed by atoms with Gasteiger partial charge in [-0.3, -0.25) is 9.69 Å². The molecule has 0 spiro atoms. The highest BCUT2D eigenvalue weighted by atomic mass is 35.5. The molecule has 4 N–H and O–H groups in total. The van der Waals surface area contributed by atoms with E-state index in [1.54, 1.807) is 37.3 Å². The van der Waals surface area contributed by atoms with Gasteiger partial charge in [-0.1, -0.05) is 48.0 Å². The van der Waals surface area contributed by atoms with Crippen molar-refractivity contribution in [2.75, 3.05) is 44.3 Å². The third-order valence-corrected chi connectivity index (χ3v) is 7.38. The van der Waals surface area contributed by atoms with Crippen molar-refractivity contribution >= 4 is 37.7 Å². The maximum atomic E-state index is 11.4. The van der Waals surface area contributed by atoms with Crippen molar-refractivity contribution in [3.8, 4) is 5.75 Å². The number of carbonyl (C=O) groups excluding carboxylic acids is 1. The molecular formula is C28H33ClN3O4P. The lowest BCUT2D eigenvalue weighted by atomic mass is 9.93. The van der Waals surface area contributed by atoms with Crippen molar-refractivity contribution in [3.05, 3.63) is 88.4 Å². The molecule has 0 bridgehead atoms. The lowest BCUT2D eigenvalue weighted by molar-refractivity contribution is 0.0103. The Balaban J connectivity index is 1.57. The molecule has 0 radical (unpaired) electrons. The smallest absolute Gasteiger partial charge is 0.248 e. The number of nitrogens with zero attached hydrogens (tertiary/aromatic N) is 2. The minimum atomic E-state index is -1.11. The number of ether oxygens (including phenoxy) is 1. The van der Waals surface area contributed by atoms with Crippen LogP contribution in [0.1, 0.15) is 34.5 Å². The van der Waals surface area contributed by atoms with Crippen LogP contribution >= 0.6 is 20.8 Å². The molecule has 1 saturated heterocycles. The topological polar surface area (TPSA) is 99.3 Å². The van der Waals surface area contributed by atoms with Crippen LogP contribution in [0.3, 0.4) is 0 Å². The van der Waals surface area contributed by atoms with Gasteiger partial charge in [0.2, 0.25) is 5.91 Å². The molecule has 1 aliphatic heterocycles. The number of halogens is 1. The van der Waals surface area contributed by atoms with Crippen LogP contribution in [0, 0.1) is 0 Å². The predicted molar refractivity (Wildman–Crippen MR) is 151 cm³/mol. The van der Waals surface area contributed by atoms with Crippen LogP contribution in [0.15, 0.2) is 66.7 Å². The number of primary amides is 1. The molecule has 1 fully saturated rings. The van der Waals surface area contributed by atoms with Gasteiger partial charge in [0.05, 0.1) is 29.0 Å². The second kappa shape index (κ2) is 11.8. The molecule has 3 atom stereocenters. The van der Waals surface area contributed by atoms with Crippen molar-refractivity contribution in [2.45, 2.75) is 18.6 Å². The highest BCUT2D eigenvalue weighted by molar-refractivity contribution is 7.27. The van der Waals surface area contributed by atoms with E-state index in [2.05, 4.69) is 43.3 Å². The summed E-state index contributed by atoms with van der Waals surface area (Å²) in [6, 6.07) is 20.8. The Morgan fingerprint density at radius 2 is 1.84 bits per heavy atom. The minimum Gasteiger partial charge on any atom is -0.491 e. The Kier molecular flexibility index (Phi) is 8.73. The molecule has 0 aromatic heterocycles. The van der Waals surface area contributed by atoms with Gasteiger partial charge in [0.15, 0.2) is 0 Å². The highest BCUT2D eigenvalue weighted by Gasteiger charge is 2.34. The van der Waals surface area contributed by atoms with Crippen LogP contribution in [0.2, 0.25) is 5.02 Å². The highest BCUT2D eigenvalue weighted by Crippen LogP contribution is 2.37. The zero-order valence-corrected chi connectivity index (χ0v) is 22.7. The summed E-state index contributed by atoms with van der Waals surface area (Å²) >= 11 is 6.70. The average Bonchev–Trinajstić information content (AvgIpc) is 2.88. The van der Waals surface area contributed by atoms with Crippen LogP contribution in [0.25, 0.3) is 0 Å². The van der Waals surface area contributed by atoms with E-state index >= 15 is 0 Å². The van der Waals surface area contributed by atoms with E-state index in [0.29, 0.717) is 36.0 Å². The lowest BCUT2D eigenvalue weighted by Crippen LogP contribution is -2.52. The van der Waals surface area contributed by atoms with E-state index in [4.69, 9.17) is 27.2 Å². The molecule has 0 saturated carbocycles. The van der Waals surface area contributed by atoms with E-state index in [1.807, 2.05) is 12.1 Å². The first kappa shape index (κ1) is 27.4. The largest absolute Gasteiger partial charge is 0.491 e. The second-order valence-corrected chi connectivity index (χ2v) is 10.6. The first-order chi connectivity index (χ1) is 17.7. The number of β-amino-alcohol motifs (C(OH)–C–C–N with tert-alkyl or cyclic N) is 1. The molecule has 4 rings (SSSR count). The van der Waals surface area contributed by atoms with Gasteiger partial charge in [-0.05, 0) is 47.6 Å². The predicted octanol–water partition coefficient (Wildman–Crippen LogP) is 3.08. The number of anilines is 1. The molecule has 7 nitrogen and oxygen atoms in total. The normalized spacial score (nSPS) is 17.9. The fraction of sp³-hybridized carbons (Fsp3) is 0.321. The summed E-state index contributed by atoms with van der Waals surface area (Å²) in [4.78, 5) is 16.0. The zero-order valence-electron chi connectivity index (χ0n) is 20.8. The molecule has 196 valence electrons. The number of nitrogens with two attached hydrogens (primary N) is 1. The second-order valence-electron chi connectivity index (χ2n) is 9.51. The van der Waals surface area contributed by atoms with Gasteiger partial charge < -0.3 is 25.6 Å². The zero-order chi connectivity index (χ0) is 26.6. The van der Waals surface area contributed by atoms with Crippen LogP contribution in [-0.4, -0.2) is 60.4 Å². The van der Waals surface area contributed by atoms with Crippen LogP contribution < -0.4 is 20.7 Å². The summed E-state index contributed by atoms with van der Waals surface area (Å²) in [5.74, 6) is 0.122. The van der Waals surface area contributed by atoms with Crippen LogP contribution in [0.5, 0.6) is 5.75 Å². The third kappa shape index (κ3) is 6.61. The Labute approximate surface area is 225 Å². The van der Waals surface area contributed by atoms with E-state index < -0.39 is 11.5 Å². The number of amides is 1. The van der Waals surface area contributed by atoms with Gasteiger partial charge in [-0.2, -0.15) is 0 Å². The Bertz CT molecular complexity index is 1220. The van der Waals surface area contributed by atoms with Crippen molar-refractivity contribution in [2.24, 2.45) is 5.73 Å². The van der Waals surface area contributed by atoms with Gasteiger partial charge >= 0.3 is 0 Å².